The highest BCUT2D eigenvalue weighted by molar-refractivity contribution is 9.11. The Morgan fingerprint density at radius 3 is 2.85 bits per heavy atom. The fraction of sp³-hybridized carbons (Fsp3) is 0.0909. The molecule has 0 unspecified atom stereocenters. The summed E-state index contributed by atoms with van der Waals surface area (Å²) in [6, 6.07) is 2.96. The first-order valence-corrected chi connectivity index (χ1v) is 7.34. The quantitative estimate of drug-likeness (QED) is 0.521. The molecule has 4 N–H and O–H groups in total. The molecular weight excluding hydrogens is 415 g/mol. The molecule has 0 atom stereocenters. The molecule has 1 aromatic carbocycles. The zero-order chi connectivity index (χ0) is 14.7. The molecule has 1 amide bonds. The van der Waals surface area contributed by atoms with Gasteiger partial charge >= 0.3 is 0 Å². The fourth-order valence-electron chi connectivity index (χ4n) is 1.39. The van der Waals surface area contributed by atoms with Crippen LogP contribution in [-0.2, 0) is 0 Å². The number of phenols is 1. The lowest BCUT2D eigenvalue weighted by molar-refractivity contribution is 0.0940. The van der Waals surface area contributed by atoms with Gasteiger partial charge in [0, 0.05) is 15.2 Å². The van der Waals surface area contributed by atoms with Crippen LogP contribution >= 0.6 is 43.5 Å². The third kappa shape index (κ3) is 3.65. The lowest BCUT2D eigenvalue weighted by Crippen LogP contribution is -2.48. The van der Waals surface area contributed by atoms with Crippen molar-refractivity contribution < 1.29 is 9.90 Å². The van der Waals surface area contributed by atoms with Gasteiger partial charge in [-0.2, -0.15) is 0 Å². The number of phenolic OH excluding ortho intramolecular Hbond substituents is 1. The molecular formula is C11H9Br2ClN4O2. The molecule has 0 spiro atoms. The van der Waals surface area contributed by atoms with Gasteiger partial charge in [0.25, 0.3) is 5.91 Å². The first-order chi connectivity index (χ1) is 9.47. The van der Waals surface area contributed by atoms with Crippen LogP contribution in [-0.4, -0.2) is 23.5 Å². The predicted molar refractivity (Wildman–Crippen MR) is 83.9 cm³/mol. The molecule has 2 rings (SSSR count). The molecule has 0 saturated heterocycles. The van der Waals surface area contributed by atoms with Crippen molar-refractivity contribution in [3.8, 4) is 5.75 Å². The number of guanidine groups is 1. The molecule has 1 aliphatic heterocycles. The number of amides is 1. The van der Waals surface area contributed by atoms with Gasteiger partial charge in [-0.25, -0.2) is 4.99 Å². The average molecular weight is 424 g/mol. The number of hydrazine groups is 1. The number of rotatable bonds is 1. The van der Waals surface area contributed by atoms with Crippen molar-refractivity contribution in [2.24, 2.45) is 4.99 Å². The minimum Gasteiger partial charge on any atom is -0.506 e. The number of hydrogen-bond donors (Lipinski definition) is 4. The Kier molecular flexibility index (Phi) is 4.90. The smallest absolute Gasteiger partial charge is 0.273 e. The van der Waals surface area contributed by atoms with Gasteiger partial charge in [-0.15, -0.1) is 0 Å². The Morgan fingerprint density at radius 2 is 2.20 bits per heavy atom. The van der Waals surface area contributed by atoms with Gasteiger partial charge in [0.1, 0.15) is 5.75 Å². The third-order valence-corrected chi connectivity index (χ3v) is 3.56. The minimum absolute atomic E-state index is 0.0463. The van der Waals surface area contributed by atoms with E-state index in [4.69, 9.17) is 11.6 Å². The number of carbonyl (C=O) groups is 1. The van der Waals surface area contributed by atoms with Crippen LogP contribution < -0.4 is 16.2 Å². The Labute approximate surface area is 136 Å². The SMILES string of the molecule is O=C(NNC1=NC=C(Br)CN1)c1cc(Br)cc(Cl)c1O. The maximum absolute atomic E-state index is 12.0. The molecule has 0 saturated carbocycles. The van der Waals surface area contributed by atoms with E-state index in [0.717, 1.165) is 4.48 Å². The van der Waals surface area contributed by atoms with Crippen LogP contribution in [0.3, 0.4) is 0 Å². The largest absolute Gasteiger partial charge is 0.506 e. The highest BCUT2D eigenvalue weighted by Gasteiger charge is 2.15. The fourth-order valence-corrected chi connectivity index (χ4v) is 2.44. The standard InChI is InChI=1S/C11H9Br2ClN4O2/c12-5-1-7(9(19)8(14)2-5)10(20)17-18-11-15-3-6(13)4-16-11/h1-3,19H,4H2,(H,17,20)(H2,15,16,18). The summed E-state index contributed by atoms with van der Waals surface area (Å²) in [5.74, 6) is -0.429. The van der Waals surface area contributed by atoms with E-state index in [1.165, 1.54) is 12.1 Å². The van der Waals surface area contributed by atoms with Gasteiger partial charge in [-0.1, -0.05) is 43.5 Å². The topological polar surface area (TPSA) is 85.8 Å². The molecule has 0 radical (unpaired) electrons. The number of aliphatic imine (C=N–C) groups is 1. The first-order valence-electron chi connectivity index (χ1n) is 5.38. The van der Waals surface area contributed by atoms with Crippen molar-refractivity contribution >= 4 is 55.3 Å². The molecule has 0 fully saturated rings. The summed E-state index contributed by atoms with van der Waals surface area (Å²) >= 11 is 12.3. The number of nitrogens with zero attached hydrogens (tertiary/aromatic N) is 1. The van der Waals surface area contributed by atoms with Crippen LogP contribution in [0.4, 0.5) is 0 Å². The van der Waals surface area contributed by atoms with Crippen molar-refractivity contribution in [3.05, 3.63) is 37.9 Å². The predicted octanol–water partition coefficient (Wildman–Crippen LogP) is 2.24. The van der Waals surface area contributed by atoms with Gasteiger partial charge in [0.2, 0.25) is 5.96 Å². The second kappa shape index (κ2) is 6.47. The molecule has 1 aromatic rings. The van der Waals surface area contributed by atoms with Gasteiger partial charge in [-0.3, -0.25) is 15.6 Å². The van der Waals surface area contributed by atoms with Crippen LogP contribution in [0.15, 0.2) is 32.3 Å². The van der Waals surface area contributed by atoms with Crippen molar-refractivity contribution in [2.75, 3.05) is 6.54 Å². The molecule has 1 aliphatic rings. The molecule has 0 bridgehead atoms. The van der Waals surface area contributed by atoms with Crippen LogP contribution in [0.1, 0.15) is 10.4 Å². The van der Waals surface area contributed by atoms with Crippen molar-refractivity contribution in [1.29, 1.82) is 0 Å². The summed E-state index contributed by atoms with van der Waals surface area (Å²) < 4.78 is 1.48. The van der Waals surface area contributed by atoms with E-state index < -0.39 is 5.91 Å². The summed E-state index contributed by atoms with van der Waals surface area (Å²) in [6.07, 6.45) is 1.61. The molecule has 0 aromatic heterocycles. The minimum atomic E-state index is -0.538. The normalized spacial score (nSPS) is 13.9. The van der Waals surface area contributed by atoms with Gasteiger partial charge in [0.05, 0.1) is 17.1 Å². The van der Waals surface area contributed by atoms with E-state index in [0.29, 0.717) is 17.0 Å². The highest BCUT2D eigenvalue weighted by Crippen LogP contribution is 2.31. The van der Waals surface area contributed by atoms with E-state index in [1.807, 2.05) is 0 Å². The van der Waals surface area contributed by atoms with Crippen LogP contribution in [0, 0.1) is 0 Å². The summed E-state index contributed by atoms with van der Waals surface area (Å²) in [4.78, 5) is 16.0. The molecule has 20 heavy (non-hydrogen) atoms. The number of hydrogen-bond acceptors (Lipinski definition) is 5. The molecule has 106 valence electrons. The monoisotopic (exact) mass is 422 g/mol. The van der Waals surface area contributed by atoms with Gasteiger partial charge in [-0.05, 0) is 12.1 Å². The zero-order valence-corrected chi connectivity index (χ0v) is 13.8. The van der Waals surface area contributed by atoms with Crippen LogP contribution in [0.5, 0.6) is 5.75 Å². The van der Waals surface area contributed by atoms with E-state index in [-0.39, 0.29) is 16.3 Å². The van der Waals surface area contributed by atoms with Crippen LogP contribution in [0.25, 0.3) is 0 Å². The summed E-state index contributed by atoms with van der Waals surface area (Å²) in [6.45, 7) is 0.565. The summed E-state index contributed by atoms with van der Waals surface area (Å²) in [7, 11) is 0. The van der Waals surface area contributed by atoms with Crippen molar-refractivity contribution in [2.45, 2.75) is 0 Å². The maximum Gasteiger partial charge on any atom is 0.273 e. The Morgan fingerprint density at radius 1 is 1.45 bits per heavy atom. The van der Waals surface area contributed by atoms with Crippen LogP contribution in [0.2, 0.25) is 5.02 Å². The Balaban J connectivity index is 2.06. The summed E-state index contributed by atoms with van der Waals surface area (Å²) in [5.41, 5.74) is 5.07. The second-order valence-corrected chi connectivity index (χ2v) is 6.11. The van der Waals surface area contributed by atoms with Crippen molar-refractivity contribution in [3.63, 3.8) is 0 Å². The average Bonchev–Trinajstić information content (AvgIpc) is 2.42. The van der Waals surface area contributed by atoms with E-state index in [1.54, 1.807) is 6.20 Å². The van der Waals surface area contributed by atoms with Crippen molar-refractivity contribution in [1.82, 2.24) is 16.2 Å². The highest BCUT2D eigenvalue weighted by atomic mass is 79.9. The van der Waals surface area contributed by atoms with E-state index >= 15 is 0 Å². The molecule has 6 nitrogen and oxygen atoms in total. The third-order valence-electron chi connectivity index (χ3n) is 2.33. The number of benzene rings is 1. The maximum atomic E-state index is 12.0. The number of carbonyl (C=O) groups excluding carboxylic acids is 1. The van der Waals surface area contributed by atoms with Gasteiger partial charge in [0.15, 0.2) is 0 Å². The Hall–Kier alpha value is -1.25. The van der Waals surface area contributed by atoms with E-state index in [2.05, 4.69) is 53.0 Å². The molecule has 0 aliphatic carbocycles. The lowest BCUT2D eigenvalue weighted by atomic mass is 10.2. The number of aromatic hydroxyl groups is 1. The van der Waals surface area contributed by atoms with Gasteiger partial charge < -0.3 is 10.4 Å². The Bertz CT molecular complexity index is 619. The lowest BCUT2D eigenvalue weighted by Gasteiger charge is -2.15. The zero-order valence-electron chi connectivity index (χ0n) is 9.88. The summed E-state index contributed by atoms with van der Waals surface area (Å²) in [5, 5.41) is 12.8. The number of halogens is 3. The van der Waals surface area contributed by atoms with E-state index in [9.17, 15) is 9.90 Å². The first kappa shape index (κ1) is 15.1. The molecule has 9 heteroatoms. The number of nitrogens with one attached hydrogen (secondary N) is 3. The second-order valence-electron chi connectivity index (χ2n) is 3.77. The molecule has 1 heterocycles.